The van der Waals surface area contributed by atoms with E-state index in [1.807, 2.05) is 0 Å². The molecular weight excluding hydrogens is 475 g/mol. The molecule has 3 rings (SSSR count). The molecule has 0 fully saturated rings. The number of urea groups is 1. The number of nitrogens with zero attached hydrogens (tertiary/aromatic N) is 2. The summed E-state index contributed by atoms with van der Waals surface area (Å²) in [5.74, 6) is -0.132. The van der Waals surface area contributed by atoms with Gasteiger partial charge in [0.15, 0.2) is 8.29 Å². The van der Waals surface area contributed by atoms with E-state index in [2.05, 4.69) is 15.7 Å². The number of esters is 1. The highest BCUT2D eigenvalue weighted by Crippen LogP contribution is 2.29. The van der Waals surface area contributed by atoms with E-state index in [1.165, 1.54) is 23.1 Å². The minimum absolute atomic E-state index is 0.249. The van der Waals surface area contributed by atoms with Gasteiger partial charge in [0.2, 0.25) is 0 Å². The molecular formula is C17H16Cl2N4O3S3. The van der Waals surface area contributed by atoms with E-state index in [0.29, 0.717) is 41.0 Å². The topological polar surface area (TPSA) is 85.2 Å². The van der Waals surface area contributed by atoms with E-state index in [4.69, 9.17) is 40.2 Å². The van der Waals surface area contributed by atoms with Gasteiger partial charge < -0.3 is 15.4 Å². The van der Waals surface area contributed by atoms with Crippen molar-refractivity contribution in [2.75, 3.05) is 12.4 Å². The smallest absolute Gasteiger partial charge is 0.337 e. The molecule has 0 bridgehead atoms. The molecule has 29 heavy (non-hydrogen) atoms. The minimum atomic E-state index is -0.461. The number of aromatic nitrogens is 2. The number of nitrogens with one attached hydrogen (secondary N) is 2. The fraction of sp³-hybridized carbons (Fsp3) is 0.294. The SMILES string of the molecule is CCOC(=O)C1=C(CSc2nn(-c3ccc(Cl)c(Cl)c3)c(=S)s2)NC(=O)N[C@H]1C. The van der Waals surface area contributed by atoms with Crippen LogP contribution in [-0.2, 0) is 9.53 Å². The highest BCUT2D eigenvalue weighted by atomic mass is 35.5. The first-order valence-electron chi connectivity index (χ1n) is 8.46. The van der Waals surface area contributed by atoms with Gasteiger partial charge in [-0.05, 0) is 44.3 Å². The van der Waals surface area contributed by atoms with Crippen LogP contribution in [0, 0.1) is 3.95 Å². The van der Waals surface area contributed by atoms with Crippen molar-refractivity contribution in [3.05, 3.63) is 43.5 Å². The van der Waals surface area contributed by atoms with E-state index in [1.54, 1.807) is 36.7 Å². The number of rotatable bonds is 6. The van der Waals surface area contributed by atoms with Crippen LogP contribution in [-0.4, -0.2) is 40.2 Å². The van der Waals surface area contributed by atoms with Gasteiger partial charge in [-0.25, -0.2) is 14.3 Å². The van der Waals surface area contributed by atoms with Gasteiger partial charge in [0.05, 0.1) is 34.0 Å². The Morgan fingerprint density at radius 2 is 2.17 bits per heavy atom. The van der Waals surface area contributed by atoms with Crippen molar-refractivity contribution in [1.29, 1.82) is 0 Å². The van der Waals surface area contributed by atoms with Crippen LogP contribution in [0.1, 0.15) is 13.8 Å². The summed E-state index contributed by atoms with van der Waals surface area (Å²) in [6.07, 6.45) is 0. The largest absolute Gasteiger partial charge is 0.463 e. The summed E-state index contributed by atoms with van der Waals surface area (Å²) in [7, 11) is 0. The Labute approximate surface area is 190 Å². The van der Waals surface area contributed by atoms with Gasteiger partial charge in [0.1, 0.15) is 0 Å². The lowest BCUT2D eigenvalue weighted by Gasteiger charge is -2.26. The maximum absolute atomic E-state index is 12.3. The van der Waals surface area contributed by atoms with Crippen molar-refractivity contribution in [2.45, 2.75) is 24.2 Å². The fourth-order valence-corrected chi connectivity index (χ4v) is 5.25. The molecule has 1 aliphatic heterocycles. The van der Waals surface area contributed by atoms with Crippen molar-refractivity contribution in [3.8, 4) is 5.69 Å². The first-order valence-corrected chi connectivity index (χ1v) is 11.4. The lowest BCUT2D eigenvalue weighted by Crippen LogP contribution is -2.49. The maximum Gasteiger partial charge on any atom is 0.337 e. The number of carbonyl (C=O) groups is 2. The van der Waals surface area contributed by atoms with E-state index < -0.39 is 12.0 Å². The molecule has 2 heterocycles. The Bertz CT molecular complexity index is 1050. The van der Waals surface area contributed by atoms with E-state index >= 15 is 0 Å². The molecule has 2 N–H and O–H groups in total. The van der Waals surface area contributed by atoms with E-state index in [-0.39, 0.29) is 12.6 Å². The van der Waals surface area contributed by atoms with Crippen LogP contribution in [0.25, 0.3) is 5.69 Å². The molecule has 0 unspecified atom stereocenters. The normalized spacial score (nSPS) is 16.4. The predicted molar refractivity (Wildman–Crippen MR) is 118 cm³/mol. The molecule has 1 aliphatic rings. The van der Waals surface area contributed by atoms with Crippen LogP contribution in [0.3, 0.4) is 0 Å². The fourth-order valence-electron chi connectivity index (χ4n) is 2.63. The minimum Gasteiger partial charge on any atom is -0.463 e. The summed E-state index contributed by atoms with van der Waals surface area (Å²) in [5.41, 5.74) is 1.58. The second-order valence-corrected chi connectivity index (χ2v) is 9.53. The summed E-state index contributed by atoms with van der Waals surface area (Å²) in [4.78, 5) is 24.2. The monoisotopic (exact) mass is 490 g/mol. The highest BCUT2D eigenvalue weighted by Gasteiger charge is 2.29. The third-order valence-electron chi connectivity index (χ3n) is 3.88. The van der Waals surface area contributed by atoms with Crippen LogP contribution in [0.15, 0.2) is 33.8 Å². The number of halogens is 2. The molecule has 7 nitrogen and oxygen atoms in total. The molecule has 1 aromatic heterocycles. The number of amides is 2. The first kappa shape index (κ1) is 22.1. The lowest BCUT2D eigenvalue weighted by molar-refractivity contribution is -0.138. The van der Waals surface area contributed by atoms with E-state index in [0.717, 1.165) is 0 Å². The lowest BCUT2D eigenvalue weighted by atomic mass is 10.1. The summed E-state index contributed by atoms with van der Waals surface area (Å²) >= 11 is 20.1. The Hall–Kier alpha value is -1.59. The summed E-state index contributed by atoms with van der Waals surface area (Å²) < 4.78 is 7.92. The zero-order valence-corrected chi connectivity index (χ0v) is 19.3. The second kappa shape index (κ2) is 9.48. The van der Waals surface area contributed by atoms with Gasteiger partial charge in [-0.3, -0.25) is 0 Å². The van der Waals surface area contributed by atoms with Crippen molar-refractivity contribution in [3.63, 3.8) is 0 Å². The number of carbonyl (C=O) groups excluding carboxylic acids is 2. The molecule has 0 radical (unpaired) electrons. The number of benzene rings is 1. The Kier molecular flexibility index (Phi) is 7.23. The molecule has 1 atom stereocenters. The quantitative estimate of drug-likeness (QED) is 0.350. The van der Waals surface area contributed by atoms with Crippen LogP contribution in [0.4, 0.5) is 4.79 Å². The Morgan fingerprint density at radius 1 is 1.41 bits per heavy atom. The number of ether oxygens (including phenoxy) is 1. The van der Waals surface area contributed by atoms with Crippen molar-refractivity contribution in [2.24, 2.45) is 0 Å². The third kappa shape index (κ3) is 5.13. The van der Waals surface area contributed by atoms with Gasteiger partial charge in [-0.15, -0.1) is 5.10 Å². The summed E-state index contributed by atoms with van der Waals surface area (Å²) in [5, 5.41) is 10.7. The Morgan fingerprint density at radius 3 is 2.86 bits per heavy atom. The zero-order chi connectivity index (χ0) is 21.1. The number of thioether (sulfide) groups is 1. The molecule has 0 spiro atoms. The number of hydrogen-bond donors (Lipinski definition) is 2. The van der Waals surface area contributed by atoms with Gasteiger partial charge in [0.25, 0.3) is 0 Å². The van der Waals surface area contributed by atoms with Crippen LogP contribution in [0.5, 0.6) is 0 Å². The average Bonchev–Trinajstić information content (AvgIpc) is 3.02. The molecule has 0 aliphatic carbocycles. The highest BCUT2D eigenvalue weighted by molar-refractivity contribution is 8.01. The van der Waals surface area contributed by atoms with Crippen LogP contribution in [0.2, 0.25) is 10.0 Å². The van der Waals surface area contributed by atoms with Crippen molar-refractivity contribution < 1.29 is 14.3 Å². The van der Waals surface area contributed by atoms with Crippen LogP contribution < -0.4 is 10.6 Å². The molecule has 2 amide bonds. The molecule has 2 aromatic rings. The molecule has 0 saturated heterocycles. The van der Waals surface area contributed by atoms with Gasteiger partial charge in [0, 0.05) is 11.4 Å². The second-order valence-electron chi connectivity index (χ2n) is 5.87. The van der Waals surface area contributed by atoms with Gasteiger partial charge in [-0.2, -0.15) is 0 Å². The predicted octanol–water partition coefficient (Wildman–Crippen LogP) is 4.58. The van der Waals surface area contributed by atoms with Crippen molar-refractivity contribution >= 4 is 70.5 Å². The Balaban J connectivity index is 1.83. The van der Waals surface area contributed by atoms with Crippen molar-refractivity contribution in [1.82, 2.24) is 20.4 Å². The summed E-state index contributed by atoms with van der Waals surface area (Å²) in [6.45, 7) is 3.71. The summed E-state index contributed by atoms with van der Waals surface area (Å²) in [6, 6.07) is 4.31. The van der Waals surface area contributed by atoms with Gasteiger partial charge in [-0.1, -0.05) is 46.3 Å². The standard InChI is InChI=1S/C17H16Cl2N4O3S3/c1-3-26-14(24)13-8(2)20-15(25)21-12(13)7-28-16-22-23(17(27)29-16)9-4-5-10(18)11(19)6-9/h4-6,8H,3,7H2,1-2H3,(H2,20,21,25)/t8-/m0/s1. The van der Waals surface area contributed by atoms with Gasteiger partial charge >= 0.3 is 12.0 Å². The first-order chi connectivity index (χ1) is 13.8. The molecule has 0 saturated carbocycles. The molecule has 1 aromatic carbocycles. The molecule has 12 heteroatoms. The van der Waals surface area contributed by atoms with Crippen LogP contribution >= 0.6 is 58.5 Å². The zero-order valence-electron chi connectivity index (χ0n) is 15.3. The third-order valence-corrected chi connectivity index (χ3v) is 7.01. The maximum atomic E-state index is 12.3. The number of hydrogen-bond acceptors (Lipinski definition) is 7. The molecule has 154 valence electrons. The van der Waals surface area contributed by atoms with E-state index in [9.17, 15) is 9.59 Å². The average molecular weight is 491 g/mol.